The molecule has 1 aliphatic heterocycles. The molecule has 1 fully saturated rings. The molecule has 0 aliphatic carbocycles. The third-order valence-electron chi connectivity index (χ3n) is 3.85. The maximum absolute atomic E-state index is 10.2. The third-order valence-corrected chi connectivity index (χ3v) is 3.85. The highest BCUT2D eigenvalue weighted by atomic mass is 16.1. The molecular formula is C16H26N2O. The van der Waals surface area contributed by atoms with Crippen LogP contribution in [0, 0.1) is 0 Å². The van der Waals surface area contributed by atoms with Crippen molar-refractivity contribution in [1.82, 2.24) is 10.2 Å². The molecule has 3 heteroatoms. The molecule has 0 saturated carbocycles. The van der Waals surface area contributed by atoms with E-state index < -0.39 is 0 Å². The SMILES string of the molecule is CN1CCC[C@H]1C=O.CNC(C)(C)c1ccccc1. The molecule has 0 unspecified atom stereocenters. The lowest BCUT2D eigenvalue weighted by atomic mass is 9.95. The van der Waals surface area contributed by atoms with E-state index in [2.05, 4.69) is 48.3 Å². The summed E-state index contributed by atoms with van der Waals surface area (Å²) in [4.78, 5) is 12.3. The highest BCUT2D eigenvalue weighted by Gasteiger charge is 2.18. The molecule has 1 saturated heterocycles. The second-order valence-corrected chi connectivity index (χ2v) is 5.57. The number of nitrogens with one attached hydrogen (secondary N) is 1. The lowest BCUT2D eigenvalue weighted by Gasteiger charge is -2.24. The van der Waals surface area contributed by atoms with Gasteiger partial charge in [-0.2, -0.15) is 0 Å². The number of likely N-dealkylation sites (tertiary alicyclic amines) is 1. The first-order valence-corrected chi connectivity index (χ1v) is 6.91. The molecule has 3 nitrogen and oxygen atoms in total. The van der Waals surface area contributed by atoms with Gasteiger partial charge >= 0.3 is 0 Å². The number of hydrogen-bond donors (Lipinski definition) is 1. The van der Waals surface area contributed by atoms with Gasteiger partial charge < -0.3 is 10.1 Å². The Kier molecular flexibility index (Phi) is 6.19. The molecule has 0 bridgehead atoms. The summed E-state index contributed by atoms with van der Waals surface area (Å²) < 4.78 is 0. The highest BCUT2D eigenvalue weighted by Crippen LogP contribution is 2.17. The quantitative estimate of drug-likeness (QED) is 0.849. The Bertz CT molecular complexity index is 376. The van der Waals surface area contributed by atoms with Gasteiger partial charge in [-0.3, -0.25) is 4.90 Å². The van der Waals surface area contributed by atoms with Crippen LogP contribution >= 0.6 is 0 Å². The fourth-order valence-corrected chi connectivity index (χ4v) is 2.11. The second-order valence-electron chi connectivity index (χ2n) is 5.57. The minimum Gasteiger partial charge on any atom is -0.311 e. The number of nitrogens with zero attached hydrogens (tertiary/aromatic N) is 1. The van der Waals surface area contributed by atoms with Gasteiger partial charge in [0, 0.05) is 5.54 Å². The maximum Gasteiger partial charge on any atom is 0.137 e. The maximum atomic E-state index is 10.2. The molecule has 1 atom stereocenters. The molecule has 1 N–H and O–H groups in total. The third kappa shape index (κ3) is 4.77. The van der Waals surface area contributed by atoms with Crippen molar-refractivity contribution in [1.29, 1.82) is 0 Å². The number of hydrogen-bond acceptors (Lipinski definition) is 3. The molecule has 2 rings (SSSR count). The summed E-state index contributed by atoms with van der Waals surface area (Å²) in [5.74, 6) is 0. The standard InChI is InChI=1S/C10H15N.C6H11NO/c1-10(2,11-3)9-7-5-4-6-8-9;1-7-4-2-3-6(7)5-8/h4-8,11H,1-3H3;5-6H,2-4H2,1H3/t;6-/m.0/s1. The van der Waals surface area contributed by atoms with E-state index in [0.717, 1.165) is 19.3 Å². The molecule has 1 heterocycles. The predicted molar refractivity (Wildman–Crippen MR) is 80.2 cm³/mol. The minimum absolute atomic E-state index is 0.0846. The van der Waals surface area contributed by atoms with E-state index in [9.17, 15) is 4.79 Å². The van der Waals surface area contributed by atoms with Crippen LogP contribution in [0.4, 0.5) is 0 Å². The summed E-state index contributed by atoms with van der Waals surface area (Å²) in [6.45, 7) is 5.42. The van der Waals surface area contributed by atoms with Gasteiger partial charge in [-0.1, -0.05) is 30.3 Å². The Balaban J connectivity index is 0.000000200. The van der Waals surface area contributed by atoms with Gasteiger partial charge in [-0.25, -0.2) is 0 Å². The summed E-state index contributed by atoms with van der Waals surface area (Å²) in [7, 11) is 3.97. The molecule has 0 spiro atoms. The van der Waals surface area contributed by atoms with Gasteiger partial charge in [0.25, 0.3) is 0 Å². The summed E-state index contributed by atoms with van der Waals surface area (Å²) >= 11 is 0. The van der Waals surface area contributed by atoms with Crippen molar-refractivity contribution in [3.05, 3.63) is 35.9 Å². The average molecular weight is 262 g/mol. The number of likely N-dealkylation sites (N-methyl/N-ethyl adjacent to an activating group) is 1. The fourth-order valence-electron chi connectivity index (χ4n) is 2.11. The van der Waals surface area contributed by atoms with E-state index in [4.69, 9.17) is 0 Å². The van der Waals surface area contributed by atoms with E-state index >= 15 is 0 Å². The average Bonchev–Trinajstić information content (AvgIpc) is 2.86. The van der Waals surface area contributed by atoms with Crippen LogP contribution in [0.25, 0.3) is 0 Å². The minimum atomic E-state index is 0.0846. The molecule has 1 aliphatic rings. The first-order valence-electron chi connectivity index (χ1n) is 6.91. The number of rotatable bonds is 3. The van der Waals surface area contributed by atoms with Crippen LogP contribution in [0.3, 0.4) is 0 Å². The van der Waals surface area contributed by atoms with Crippen LogP contribution in [0.2, 0.25) is 0 Å². The van der Waals surface area contributed by atoms with Gasteiger partial charge in [-0.15, -0.1) is 0 Å². The topological polar surface area (TPSA) is 32.3 Å². The Morgan fingerprint density at radius 3 is 2.32 bits per heavy atom. The highest BCUT2D eigenvalue weighted by molar-refractivity contribution is 5.57. The van der Waals surface area contributed by atoms with Crippen molar-refractivity contribution in [2.24, 2.45) is 0 Å². The van der Waals surface area contributed by atoms with E-state index in [0.29, 0.717) is 0 Å². The summed E-state index contributed by atoms with van der Waals surface area (Å²) in [5.41, 5.74) is 1.41. The van der Waals surface area contributed by atoms with Crippen LogP contribution in [0.5, 0.6) is 0 Å². The van der Waals surface area contributed by atoms with Crippen LogP contribution in [0.15, 0.2) is 30.3 Å². The fraction of sp³-hybridized carbons (Fsp3) is 0.562. The Hall–Kier alpha value is -1.19. The van der Waals surface area contributed by atoms with Crippen molar-refractivity contribution in [2.75, 3.05) is 20.6 Å². The van der Waals surface area contributed by atoms with E-state index in [1.54, 1.807) is 0 Å². The number of benzene rings is 1. The molecule has 106 valence electrons. The van der Waals surface area contributed by atoms with E-state index in [1.807, 2.05) is 20.2 Å². The van der Waals surface area contributed by atoms with Crippen LogP contribution in [-0.2, 0) is 10.3 Å². The van der Waals surface area contributed by atoms with Crippen molar-refractivity contribution >= 4 is 6.29 Å². The lowest BCUT2D eigenvalue weighted by molar-refractivity contribution is -0.111. The van der Waals surface area contributed by atoms with E-state index in [-0.39, 0.29) is 11.6 Å². The second kappa shape index (κ2) is 7.41. The molecule has 0 amide bonds. The number of carbonyl (C=O) groups excluding carboxylic acids is 1. The number of aldehydes is 1. The Morgan fingerprint density at radius 2 is 1.95 bits per heavy atom. The summed E-state index contributed by atoms with van der Waals surface area (Å²) in [5, 5.41) is 3.26. The number of carbonyl (C=O) groups is 1. The summed E-state index contributed by atoms with van der Waals surface area (Å²) in [6, 6.07) is 10.7. The van der Waals surface area contributed by atoms with Gasteiger partial charge in [0.05, 0.1) is 6.04 Å². The van der Waals surface area contributed by atoms with Crippen LogP contribution < -0.4 is 5.32 Å². The molecular weight excluding hydrogens is 236 g/mol. The Labute approximate surface area is 117 Å². The van der Waals surface area contributed by atoms with Gasteiger partial charge in [0.15, 0.2) is 0 Å². The molecule has 19 heavy (non-hydrogen) atoms. The zero-order valence-electron chi connectivity index (χ0n) is 12.5. The predicted octanol–water partition coefficient (Wildman–Crippen LogP) is 2.42. The molecule has 0 aromatic heterocycles. The van der Waals surface area contributed by atoms with Gasteiger partial charge in [0.1, 0.15) is 6.29 Å². The smallest absolute Gasteiger partial charge is 0.137 e. The van der Waals surface area contributed by atoms with Crippen LogP contribution in [0.1, 0.15) is 32.3 Å². The van der Waals surface area contributed by atoms with Crippen molar-refractivity contribution in [2.45, 2.75) is 38.3 Å². The molecule has 1 aromatic carbocycles. The summed E-state index contributed by atoms with van der Waals surface area (Å²) in [6.07, 6.45) is 3.27. The van der Waals surface area contributed by atoms with Crippen molar-refractivity contribution in [3.8, 4) is 0 Å². The van der Waals surface area contributed by atoms with E-state index in [1.165, 1.54) is 12.0 Å². The lowest BCUT2D eigenvalue weighted by Crippen LogP contribution is -2.32. The van der Waals surface area contributed by atoms with Crippen LogP contribution in [-0.4, -0.2) is 37.9 Å². The molecule has 1 aromatic rings. The first kappa shape index (κ1) is 15.9. The van der Waals surface area contributed by atoms with Gasteiger partial charge in [-0.05, 0) is 52.9 Å². The zero-order chi connectivity index (χ0) is 14.3. The normalized spacial score (nSPS) is 19.7. The Morgan fingerprint density at radius 1 is 1.32 bits per heavy atom. The first-order chi connectivity index (χ1) is 9.01. The van der Waals surface area contributed by atoms with Gasteiger partial charge in [0.2, 0.25) is 0 Å². The van der Waals surface area contributed by atoms with Crippen molar-refractivity contribution < 1.29 is 4.79 Å². The largest absolute Gasteiger partial charge is 0.311 e. The van der Waals surface area contributed by atoms with Crippen molar-refractivity contribution in [3.63, 3.8) is 0 Å². The molecule has 0 radical (unpaired) electrons. The monoisotopic (exact) mass is 262 g/mol. The zero-order valence-corrected chi connectivity index (χ0v) is 12.5.